The van der Waals surface area contributed by atoms with Crippen molar-refractivity contribution in [3.8, 4) is 34.1 Å². The third-order valence-corrected chi connectivity index (χ3v) is 11.0. The number of hydrogen-bond donors (Lipinski definition) is 0. The van der Waals surface area contributed by atoms with Crippen LogP contribution < -0.4 is 25.4 Å². The van der Waals surface area contributed by atoms with Gasteiger partial charge in [-0.3, -0.25) is 0 Å². The van der Waals surface area contributed by atoms with Crippen LogP contribution >= 0.6 is 7.14 Å². The molecule has 0 fully saturated rings. The van der Waals surface area contributed by atoms with Crippen molar-refractivity contribution in [2.75, 3.05) is 0 Å². The van der Waals surface area contributed by atoms with E-state index in [2.05, 4.69) is 42.5 Å². The second-order valence-electron chi connectivity index (χ2n) is 10.4. The summed E-state index contributed by atoms with van der Waals surface area (Å²) < 4.78 is 28.2. The van der Waals surface area contributed by atoms with E-state index < -0.39 is 7.14 Å². The highest BCUT2D eigenvalue weighted by atomic mass is 31.2. The van der Waals surface area contributed by atoms with Crippen LogP contribution in [0.5, 0.6) is 23.0 Å². The van der Waals surface area contributed by atoms with Crippen LogP contribution in [-0.4, -0.2) is 0 Å². The molecule has 0 saturated heterocycles. The second-order valence-corrected chi connectivity index (χ2v) is 13.2. The summed E-state index contributed by atoms with van der Waals surface area (Å²) in [5, 5.41) is 6.52. The molecule has 0 saturated carbocycles. The standard InChI is InChI=1S/C38H25O3P/c39-42(28-14-3-1-4-15-28,29-16-5-2-6-17-29)30-18-11-13-27(24-30)34-25-36-38(33-21-10-9-20-32(33)34)41-37-31-19-8-7-12-26(31)22-23-35(37)40-36/h1-25H. The number of ether oxygens (including phenoxy) is 2. The molecular formula is C38H25O3P. The van der Waals surface area contributed by atoms with Gasteiger partial charge < -0.3 is 14.0 Å². The molecule has 0 aliphatic carbocycles. The summed E-state index contributed by atoms with van der Waals surface area (Å²) in [5.74, 6) is 2.78. The number of benzene rings is 7. The van der Waals surface area contributed by atoms with Crippen molar-refractivity contribution in [3.63, 3.8) is 0 Å². The summed E-state index contributed by atoms with van der Waals surface area (Å²) in [4.78, 5) is 0. The van der Waals surface area contributed by atoms with Crippen molar-refractivity contribution < 1.29 is 14.0 Å². The Balaban J connectivity index is 1.31. The maximum atomic E-state index is 15.1. The van der Waals surface area contributed by atoms with Crippen molar-refractivity contribution in [1.82, 2.24) is 0 Å². The average molecular weight is 561 g/mol. The summed E-state index contributed by atoms with van der Waals surface area (Å²) in [6.45, 7) is 0. The van der Waals surface area contributed by atoms with Crippen molar-refractivity contribution in [1.29, 1.82) is 0 Å². The van der Waals surface area contributed by atoms with Crippen LogP contribution in [0.25, 0.3) is 32.7 Å². The molecule has 7 aromatic rings. The molecule has 4 heteroatoms. The highest BCUT2D eigenvalue weighted by Crippen LogP contribution is 2.53. The van der Waals surface area contributed by atoms with Crippen LogP contribution in [0.2, 0.25) is 0 Å². The zero-order chi connectivity index (χ0) is 28.1. The average Bonchev–Trinajstić information content (AvgIpc) is 3.07. The number of rotatable bonds is 4. The molecule has 0 unspecified atom stereocenters. The summed E-state index contributed by atoms with van der Waals surface area (Å²) in [6, 6.07) is 50.1. The molecule has 1 aliphatic heterocycles. The van der Waals surface area contributed by atoms with Crippen molar-refractivity contribution in [2.45, 2.75) is 0 Å². The Morgan fingerprint density at radius 3 is 1.76 bits per heavy atom. The maximum Gasteiger partial charge on any atom is 0.178 e. The lowest BCUT2D eigenvalue weighted by Gasteiger charge is -2.25. The zero-order valence-electron chi connectivity index (χ0n) is 22.6. The van der Waals surface area contributed by atoms with Crippen LogP contribution in [0.4, 0.5) is 0 Å². The minimum Gasteiger partial charge on any atom is -0.449 e. The summed E-state index contributed by atoms with van der Waals surface area (Å²) in [5.41, 5.74) is 1.96. The Hall–Kier alpha value is -5.11. The molecule has 0 atom stereocenters. The molecule has 42 heavy (non-hydrogen) atoms. The van der Waals surface area contributed by atoms with Gasteiger partial charge in [-0.1, -0.05) is 133 Å². The fourth-order valence-corrected chi connectivity index (χ4v) is 8.66. The van der Waals surface area contributed by atoms with Crippen LogP contribution in [0, 0.1) is 0 Å². The molecule has 0 radical (unpaired) electrons. The molecule has 200 valence electrons. The third kappa shape index (κ3) is 3.86. The van der Waals surface area contributed by atoms with Gasteiger partial charge >= 0.3 is 0 Å². The quantitative estimate of drug-likeness (QED) is 0.201. The van der Waals surface area contributed by atoms with Crippen LogP contribution in [0.1, 0.15) is 0 Å². The van der Waals surface area contributed by atoms with E-state index in [1.807, 2.05) is 109 Å². The fraction of sp³-hybridized carbons (Fsp3) is 0. The van der Waals surface area contributed by atoms with Crippen LogP contribution in [0.15, 0.2) is 152 Å². The van der Waals surface area contributed by atoms with E-state index in [1.165, 1.54) is 0 Å². The first kappa shape index (κ1) is 24.7. The Morgan fingerprint density at radius 2 is 1.02 bits per heavy atom. The predicted molar refractivity (Wildman–Crippen MR) is 173 cm³/mol. The smallest absolute Gasteiger partial charge is 0.178 e. The number of hydrogen-bond acceptors (Lipinski definition) is 3. The molecule has 0 N–H and O–H groups in total. The minimum atomic E-state index is -3.13. The fourth-order valence-electron chi connectivity index (χ4n) is 5.96. The van der Waals surface area contributed by atoms with Gasteiger partial charge in [-0.05, 0) is 40.1 Å². The summed E-state index contributed by atoms with van der Waals surface area (Å²) >= 11 is 0. The molecule has 3 nitrogen and oxygen atoms in total. The number of fused-ring (bicyclic) bond motifs is 6. The zero-order valence-corrected chi connectivity index (χ0v) is 23.5. The second kappa shape index (κ2) is 9.76. The largest absolute Gasteiger partial charge is 0.449 e. The van der Waals surface area contributed by atoms with E-state index in [9.17, 15) is 0 Å². The Bertz CT molecular complexity index is 2130. The topological polar surface area (TPSA) is 35.5 Å². The van der Waals surface area contributed by atoms with E-state index in [4.69, 9.17) is 9.47 Å². The molecule has 1 aliphatic rings. The molecular weight excluding hydrogens is 535 g/mol. The minimum absolute atomic E-state index is 0.659. The monoisotopic (exact) mass is 560 g/mol. The van der Waals surface area contributed by atoms with Gasteiger partial charge in [0.1, 0.15) is 0 Å². The normalized spacial score (nSPS) is 12.3. The van der Waals surface area contributed by atoms with Crippen LogP contribution in [-0.2, 0) is 4.57 Å². The van der Waals surface area contributed by atoms with E-state index in [0.717, 1.165) is 54.3 Å². The van der Waals surface area contributed by atoms with Gasteiger partial charge in [-0.2, -0.15) is 0 Å². The molecule has 8 rings (SSSR count). The SMILES string of the molecule is O=P(c1ccccc1)(c1ccccc1)c1cccc(-c2cc3c(c4ccccc24)Oc2c(ccc4ccccc24)O3)c1. The van der Waals surface area contributed by atoms with E-state index in [1.54, 1.807) is 0 Å². The van der Waals surface area contributed by atoms with Crippen molar-refractivity contribution in [3.05, 3.63) is 152 Å². The van der Waals surface area contributed by atoms with Gasteiger partial charge in [-0.15, -0.1) is 0 Å². The van der Waals surface area contributed by atoms with Crippen molar-refractivity contribution >= 4 is 44.6 Å². The van der Waals surface area contributed by atoms with Gasteiger partial charge in [0.15, 0.2) is 30.1 Å². The molecule has 0 spiro atoms. The Morgan fingerprint density at radius 1 is 0.429 bits per heavy atom. The molecule has 0 bridgehead atoms. The van der Waals surface area contributed by atoms with E-state index >= 15 is 4.57 Å². The maximum absolute atomic E-state index is 15.1. The Labute approximate surface area is 244 Å². The molecule has 0 aromatic heterocycles. The lowest BCUT2D eigenvalue weighted by molar-refractivity contribution is 0.367. The third-order valence-electron chi connectivity index (χ3n) is 7.99. The highest BCUT2D eigenvalue weighted by molar-refractivity contribution is 7.85. The van der Waals surface area contributed by atoms with Crippen molar-refractivity contribution in [2.24, 2.45) is 0 Å². The molecule has 1 heterocycles. The van der Waals surface area contributed by atoms with E-state index in [0.29, 0.717) is 17.2 Å². The molecule has 0 amide bonds. The molecule has 7 aromatic carbocycles. The first-order valence-electron chi connectivity index (χ1n) is 14.0. The van der Waals surface area contributed by atoms with Gasteiger partial charge in [0.2, 0.25) is 0 Å². The lowest BCUT2D eigenvalue weighted by atomic mass is 9.96. The van der Waals surface area contributed by atoms with Gasteiger partial charge in [0.05, 0.1) is 0 Å². The Kier molecular flexibility index (Phi) is 5.73. The lowest BCUT2D eigenvalue weighted by Crippen LogP contribution is -2.25. The van der Waals surface area contributed by atoms with E-state index in [-0.39, 0.29) is 0 Å². The summed E-state index contributed by atoms with van der Waals surface area (Å²) in [7, 11) is -3.13. The van der Waals surface area contributed by atoms with Gasteiger partial charge in [-0.25, -0.2) is 0 Å². The first-order valence-corrected chi connectivity index (χ1v) is 15.7. The first-order chi connectivity index (χ1) is 20.7. The predicted octanol–water partition coefficient (Wildman–Crippen LogP) is 9.20. The summed E-state index contributed by atoms with van der Waals surface area (Å²) in [6.07, 6.45) is 0. The van der Waals surface area contributed by atoms with Gasteiger partial charge in [0, 0.05) is 26.7 Å². The highest BCUT2D eigenvalue weighted by Gasteiger charge is 2.30. The van der Waals surface area contributed by atoms with Gasteiger partial charge in [0.25, 0.3) is 0 Å². The van der Waals surface area contributed by atoms with Crippen LogP contribution in [0.3, 0.4) is 0 Å².